The van der Waals surface area contributed by atoms with Gasteiger partial charge in [0.05, 0.1) is 36.5 Å². The highest BCUT2D eigenvalue weighted by atomic mass is 32.2. The van der Waals surface area contributed by atoms with Crippen LogP contribution in [0, 0.1) is 5.92 Å². The minimum Gasteiger partial charge on any atom is -0.462 e. The predicted molar refractivity (Wildman–Crippen MR) is 106 cm³/mol. The molecule has 9 nitrogen and oxygen atoms in total. The summed E-state index contributed by atoms with van der Waals surface area (Å²) in [6, 6.07) is 4.17. The maximum atomic E-state index is 12.7. The Kier molecular flexibility index (Phi) is 7.74. The maximum Gasteiger partial charge on any atom is 0.338 e. The molecule has 1 heterocycles. The van der Waals surface area contributed by atoms with E-state index in [1.54, 1.807) is 13.8 Å². The van der Waals surface area contributed by atoms with E-state index < -0.39 is 27.9 Å². The molecule has 2 rings (SSSR count). The Morgan fingerprint density at radius 1 is 1.07 bits per heavy atom. The van der Waals surface area contributed by atoms with Gasteiger partial charge in [0, 0.05) is 18.8 Å². The van der Waals surface area contributed by atoms with E-state index in [-0.39, 0.29) is 42.5 Å². The Morgan fingerprint density at radius 2 is 1.62 bits per heavy atom. The van der Waals surface area contributed by atoms with Crippen LogP contribution in [0.3, 0.4) is 0 Å². The van der Waals surface area contributed by atoms with Crippen LogP contribution in [0.15, 0.2) is 18.2 Å². The minimum atomic E-state index is -3.38. The summed E-state index contributed by atoms with van der Waals surface area (Å²) in [5.41, 5.74) is 0.448. The number of sulfonamides is 1. The number of hydrogen-bond acceptors (Lipinski definition) is 7. The lowest BCUT2D eigenvalue weighted by Gasteiger charge is -2.30. The van der Waals surface area contributed by atoms with E-state index in [0.717, 1.165) is 6.26 Å². The molecule has 0 radical (unpaired) electrons. The van der Waals surface area contributed by atoms with Gasteiger partial charge >= 0.3 is 11.9 Å². The molecule has 1 amide bonds. The van der Waals surface area contributed by atoms with Crippen molar-refractivity contribution in [1.29, 1.82) is 0 Å². The van der Waals surface area contributed by atoms with Gasteiger partial charge in [-0.2, -0.15) is 0 Å². The van der Waals surface area contributed by atoms with Crippen molar-refractivity contribution in [2.45, 2.75) is 26.7 Å². The van der Waals surface area contributed by atoms with Gasteiger partial charge in [-0.25, -0.2) is 22.3 Å². The van der Waals surface area contributed by atoms with Crippen LogP contribution in [0.1, 0.15) is 47.4 Å². The van der Waals surface area contributed by atoms with Crippen LogP contribution in [0.25, 0.3) is 0 Å². The largest absolute Gasteiger partial charge is 0.462 e. The van der Waals surface area contributed by atoms with Crippen molar-refractivity contribution in [1.82, 2.24) is 4.31 Å². The fourth-order valence-corrected chi connectivity index (χ4v) is 3.98. The first-order valence-corrected chi connectivity index (χ1v) is 11.3. The highest BCUT2D eigenvalue weighted by Crippen LogP contribution is 2.22. The molecule has 1 aromatic rings. The van der Waals surface area contributed by atoms with Crippen LogP contribution < -0.4 is 5.32 Å². The molecule has 1 aliphatic rings. The lowest BCUT2D eigenvalue weighted by atomic mass is 9.98. The highest BCUT2D eigenvalue weighted by Gasteiger charge is 2.30. The number of anilines is 1. The van der Waals surface area contributed by atoms with E-state index in [1.165, 1.54) is 22.5 Å². The summed E-state index contributed by atoms with van der Waals surface area (Å²) in [6.45, 7) is 4.11. The van der Waals surface area contributed by atoms with E-state index in [0.29, 0.717) is 19.4 Å². The first-order valence-electron chi connectivity index (χ1n) is 9.41. The quantitative estimate of drug-likeness (QED) is 0.659. The third-order valence-corrected chi connectivity index (χ3v) is 5.72. The zero-order chi connectivity index (χ0) is 21.6. The molecule has 1 aliphatic heterocycles. The molecule has 0 saturated carbocycles. The van der Waals surface area contributed by atoms with Crippen molar-refractivity contribution in [2.24, 2.45) is 5.92 Å². The molecule has 0 bridgehead atoms. The number of hydrogen-bond donors (Lipinski definition) is 1. The number of rotatable bonds is 7. The molecule has 0 aromatic heterocycles. The Bertz CT molecular complexity index is 846. The molecule has 1 fully saturated rings. The molecule has 10 heteroatoms. The maximum absolute atomic E-state index is 12.7. The Hall–Kier alpha value is -2.46. The Balaban J connectivity index is 2.24. The van der Waals surface area contributed by atoms with Gasteiger partial charge in [-0.05, 0) is 44.9 Å². The predicted octanol–water partition coefficient (Wildman–Crippen LogP) is 1.65. The molecule has 0 aliphatic carbocycles. The van der Waals surface area contributed by atoms with Gasteiger partial charge in [-0.15, -0.1) is 0 Å². The number of amides is 1. The summed E-state index contributed by atoms with van der Waals surface area (Å²) in [6.07, 6.45) is 2.23. The van der Waals surface area contributed by atoms with Crippen molar-refractivity contribution >= 4 is 33.6 Å². The zero-order valence-corrected chi connectivity index (χ0v) is 17.6. The van der Waals surface area contributed by atoms with E-state index >= 15 is 0 Å². The monoisotopic (exact) mass is 426 g/mol. The second-order valence-corrected chi connectivity index (χ2v) is 8.67. The number of ether oxygens (including phenoxy) is 2. The van der Waals surface area contributed by atoms with Gasteiger partial charge in [0.1, 0.15) is 0 Å². The normalized spacial score (nSPS) is 17.4. The van der Waals surface area contributed by atoms with Gasteiger partial charge in [-0.1, -0.05) is 0 Å². The lowest BCUT2D eigenvalue weighted by molar-refractivity contribution is -0.120. The van der Waals surface area contributed by atoms with Gasteiger partial charge in [0.2, 0.25) is 15.9 Å². The Labute approximate surface area is 170 Å². The molecule has 0 spiro atoms. The first kappa shape index (κ1) is 22.8. The fourth-order valence-electron chi connectivity index (χ4n) is 3.07. The van der Waals surface area contributed by atoms with E-state index in [2.05, 4.69) is 5.32 Å². The van der Waals surface area contributed by atoms with Crippen LogP contribution in [0.5, 0.6) is 0 Å². The lowest BCUT2D eigenvalue weighted by Crippen LogP contribution is -2.43. The standard InChI is InChI=1S/C19H26N2O7S/c1-4-27-18(23)14-9-15(19(24)28-5-2)11-16(10-14)20-17(22)13-7-6-8-21(12-13)29(3,25)26/h9-11,13H,4-8,12H2,1-3H3,(H,20,22)/t13-/m0/s1. The summed E-state index contributed by atoms with van der Waals surface area (Å²) in [4.78, 5) is 36.9. The number of carbonyl (C=O) groups is 3. The number of piperidine rings is 1. The topological polar surface area (TPSA) is 119 Å². The average Bonchev–Trinajstić information content (AvgIpc) is 2.67. The smallest absolute Gasteiger partial charge is 0.338 e. The molecule has 1 N–H and O–H groups in total. The third kappa shape index (κ3) is 6.26. The second kappa shape index (κ2) is 9.84. The second-order valence-electron chi connectivity index (χ2n) is 6.69. The highest BCUT2D eigenvalue weighted by molar-refractivity contribution is 7.88. The van der Waals surface area contributed by atoms with E-state index in [9.17, 15) is 22.8 Å². The van der Waals surface area contributed by atoms with E-state index in [4.69, 9.17) is 9.47 Å². The summed E-state index contributed by atoms with van der Waals surface area (Å²) >= 11 is 0. The molecule has 29 heavy (non-hydrogen) atoms. The molecular formula is C19H26N2O7S. The average molecular weight is 426 g/mol. The first-order chi connectivity index (χ1) is 13.7. The van der Waals surface area contributed by atoms with Crippen LogP contribution in [0.4, 0.5) is 5.69 Å². The SMILES string of the molecule is CCOC(=O)c1cc(NC(=O)[C@H]2CCCN(S(C)(=O)=O)C2)cc(C(=O)OCC)c1. The molecule has 1 aromatic carbocycles. The molecular weight excluding hydrogens is 400 g/mol. The molecule has 1 atom stereocenters. The van der Waals surface area contributed by atoms with Crippen LogP contribution in [-0.4, -0.2) is 63.1 Å². The summed E-state index contributed by atoms with van der Waals surface area (Å²) in [5, 5.41) is 2.68. The van der Waals surface area contributed by atoms with Crippen LogP contribution in [0.2, 0.25) is 0 Å². The number of nitrogens with one attached hydrogen (secondary N) is 1. The van der Waals surface area contributed by atoms with Gasteiger partial charge in [0.25, 0.3) is 0 Å². The number of benzene rings is 1. The van der Waals surface area contributed by atoms with Crippen molar-refractivity contribution in [3.05, 3.63) is 29.3 Å². The fraction of sp³-hybridized carbons (Fsp3) is 0.526. The molecule has 1 saturated heterocycles. The molecule has 160 valence electrons. The molecule has 0 unspecified atom stereocenters. The third-order valence-electron chi connectivity index (χ3n) is 4.45. The number of carbonyl (C=O) groups excluding carboxylic acids is 3. The van der Waals surface area contributed by atoms with Crippen molar-refractivity contribution in [2.75, 3.05) is 37.9 Å². The van der Waals surface area contributed by atoms with Crippen molar-refractivity contribution < 1.29 is 32.3 Å². The summed E-state index contributed by atoms with van der Waals surface area (Å²) in [7, 11) is -3.38. The Morgan fingerprint density at radius 3 is 2.10 bits per heavy atom. The summed E-state index contributed by atoms with van der Waals surface area (Å²) < 4.78 is 34.8. The van der Waals surface area contributed by atoms with E-state index in [1.807, 2.05) is 0 Å². The van der Waals surface area contributed by atoms with Gasteiger partial charge < -0.3 is 14.8 Å². The van der Waals surface area contributed by atoms with Gasteiger partial charge in [0.15, 0.2) is 0 Å². The minimum absolute atomic E-state index is 0.0902. The summed E-state index contributed by atoms with van der Waals surface area (Å²) in [5.74, 6) is -2.17. The van der Waals surface area contributed by atoms with Crippen LogP contribution >= 0.6 is 0 Å². The number of nitrogens with zero attached hydrogens (tertiary/aromatic N) is 1. The van der Waals surface area contributed by atoms with Crippen molar-refractivity contribution in [3.63, 3.8) is 0 Å². The van der Waals surface area contributed by atoms with Crippen molar-refractivity contribution in [3.8, 4) is 0 Å². The zero-order valence-electron chi connectivity index (χ0n) is 16.8. The number of esters is 2. The van der Waals surface area contributed by atoms with Crippen LogP contribution in [-0.2, 0) is 24.3 Å². The van der Waals surface area contributed by atoms with Gasteiger partial charge in [-0.3, -0.25) is 4.79 Å².